The molecule has 0 bridgehead atoms. The molecule has 1 nitrogen and oxygen atoms in total. The summed E-state index contributed by atoms with van der Waals surface area (Å²) in [6, 6.07) is 6.66. The molecule has 0 saturated heterocycles. The number of benzene rings is 1. The Morgan fingerprint density at radius 2 is 1.93 bits per heavy atom. The minimum Gasteiger partial charge on any atom is -0.303 e. The van der Waals surface area contributed by atoms with Gasteiger partial charge in [-0.25, -0.2) is 0 Å². The lowest BCUT2D eigenvalue weighted by molar-refractivity contribution is -0.115. The summed E-state index contributed by atoms with van der Waals surface area (Å²) in [7, 11) is 0. The van der Waals surface area contributed by atoms with Crippen molar-refractivity contribution in [2.24, 2.45) is 5.41 Å². The average molecular weight is 202 g/mol. The second kappa shape index (κ2) is 3.48. The number of carbonyl (C=O) groups is 1. The van der Waals surface area contributed by atoms with Crippen LogP contribution < -0.4 is 0 Å². The van der Waals surface area contributed by atoms with Crippen molar-refractivity contribution >= 4 is 6.29 Å². The van der Waals surface area contributed by atoms with Crippen LogP contribution in [-0.2, 0) is 17.6 Å². The monoisotopic (exact) mass is 202 g/mol. The number of fused-ring (bicyclic) bond motifs is 1. The normalized spacial score (nSPS) is 24.3. The topological polar surface area (TPSA) is 17.1 Å². The lowest BCUT2D eigenvalue weighted by Gasteiger charge is -2.12. The summed E-state index contributed by atoms with van der Waals surface area (Å²) in [5.74, 6) is 0.568. The molecule has 80 valence electrons. The Hall–Kier alpha value is -1.11. The van der Waals surface area contributed by atoms with Crippen LogP contribution in [0.1, 0.15) is 43.4 Å². The highest BCUT2D eigenvalue weighted by atomic mass is 16.1. The van der Waals surface area contributed by atoms with E-state index in [0.29, 0.717) is 5.92 Å². The van der Waals surface area contributed by atoms with Gasteiger partial charge in [-0.15, -0.1) is 0 Å². The molecule has 1 aliphatic rings. The van der Waals surface area contributed by atoms with Gasteiger partial charge in [0, 0.05) is 5.41 Å². The number of hydrogen-bond acceptors (Lipinski definition) is 1. The zero-order valence-electron chi connectivity index (χ0n) is 9.71. The Morgan fingerprint density at radius 1 is 1.27 bits per heavy atom. The molecular formula is C14H18O. The maximum Gasteiger partial charge on any atom is 0.126 e. The van der Waals surface area contributed by atoms with Crippen molar-refractivity contribution in [3.63, 3.8) is 0 Å². The van der Waals surface area contributed by atoms with E-state index in [1.807, 2.05) is 0 Å². The van der Waals surface area contributed by atoms with Gasteiger partial charge in [-0.05, 0) is 35.4 Å². The smallest absolute Gasteiger partial charge is 0.126 e. The molecule has 1 aromatic rings. The van der Waals surface area contributed by atoms with Crippen LogP contribution in [0.2, 0.25) is 0 Å². The van der Waals surface area contributed by atoms with Gasteiger partial charge >= 0.3 is 0 Å². The lowest BCUT2D eigenvalue weighted by atomic mass is 9.89. The number of rotatable bonds is 2. The molecule has 0 radical (unpaired) electrons. The molecule has 1 aliphatic carbocycles. The minimum atomic E-state index is -0.155. The van der Waals surface area contributed by atoms with E-state index in [2.05, 4.69) is 39.0 Å². The van der Waals surface area contributed by atoms with Crippen LogP contribution in [0.25, 0.3) is 0 Å². The van der Waals surface area contributed by atoms with E-state index in [-0.39, 0.29) is 5.41 Å². The zero-order chi connectivity index (χ0) is 11.1. The van der Waals surface area contributed by atoms with Crippen molar-refractivity contribution in [3.05, 3.63) is 34.9 Å². The molecule has 0 spiro atoms. The summed E-state index contributed by atoms with van der Waals surface area (Å²) in [5, 5.41) is 0. The summed E-state index contributed by atoms with van der Waals surface area (Å²) >= 11 is 0. The maximum absolute atomic E-state index is 11.0. The third-order valence-electron chi connectivity index (χ3n) is 3.37. The fourth-order valence-corrected chi connectivity index (χ4v) is 2.36. The molecule has 0 saturated carbocycles. The third kappa shape index (κ3) is 1.83. The van der Waals surface area contributed by atoms with E-state index in [1.54, 1.807) is 0 Å². The standard InChI is InChI=1S/C14H18O/c1-10(2)11-4-5-12-7-14(3,9-15)8-13(12)6-11/h4-6,9-10H,7-8H2,1-3H3. The zero-order valence-corrected chi connectivity index (χ0v) is 9.71. The summed E-state index contributed by atoms with van der Waals surface area (Å²) in [5.41, 5.74) is 3.95. The third-order valence-corrected chi connectivity index (χ3v) is 3.37. The first-order chi connectivity index (χ1) is 7.04. The maximum atomic E-state index is 11.0. The minimum absolute atomic E-state index is 0.155. The molecule has 0 heterocycles. The molecule has 1 unspecified atom stereocenters. The van der Waals surface area contributed by atoms with E-state index in [9.17, 15) is 4.79 Å². The number of hydrogen-bond donors (Lipinski definition) is 0. The number of carbonyl (C=O) groups excluding carboxylic acids is 1. The molecule has 1 heteroatoms. The van der Waals surface area contributed by atoms with Gasteiger partial charge in [0.25, 0.3) is 0 Å². The first-order valence-corrected chi connectivity index (χ1v) is 5.62. The molecule has 1 aromatic carbocycles. The van der Waals surface area contributed by atoms with Gasteiger partial charge < -0.3 is 4.79 Å². The number of aldehydes is 1. The summed E-state index contributed by atoms with van der Waals surface area (Å²) in [6.07, 6.45) is 2.93. The van der Waals surface area contributed by atoms with Gasteiger partial charge in [-0.3, -0.25) is 0 Å². The molecular weight excluding hydrogens is 184 g/mol. The van der Waals surface area contributed by atoms with E-state index in [1.165, 1.54) is 16.7 Å². The van der Waals surface area contributed by atoms with Gasteiger partial charge in [-0.1, -0.05) is 39.0 Å². The van der Waals surface area contributed by atoms with Gasteiger partial charge in [0.2, 0.25) is 0 Å². The van der Waals surface area contributed by atoms with Crippen LogP contribution in [0.4, 0.5) is 0 Å². The van der Waals surface area contributed by atoms with Crippen LogP contribution in [-0.4, -0.2) is 6.29 Å². The predicted octanol–water partition coefficient (Wildman–Crippen LogP) is 3.11. The predicted molar refractivity (Wildman–Crippen MR) is 62.1 cm³/mol. The van der Waals surface area contributed by atoms with Crippen molar-refractivity contribution in [2.45, 2.75) is 39.5 Å². The van der Waals surface area contributed by atoms with E-state index in [0.717, 1.165) is 19.1 Å². The highest BCUT2D eigenvalue weighted by Crippen LogP contribution is 2.36. The second-order valence-electron chi connectivity index (χ2n) is 5.31. The largest absolute Gasteiger partial charge is 0.303 e. The van der Waals surface area contributed by atoms with Crippen LogP contribution in [0.5, 0.6) is 0 Å². The molecule has 0 fully saturated rings. The Bertz CT molecular complexity index is 392. The SMILES string of the molecule is CC(C)c1ccc2c(c1)CC(C)(C=O)C2. The molecule has 0 aliphatic heterocycles. The lowest BCUT2D eigenvalue weighted by Crippen LogP contribution is -2.17. The van der Waals surface area contributed by atoms with Crippen molar-refractivity contribution in [3.8, 4) is 0 Å². The van der Waals surface area contributed by atoms with Crippen molar-refractivity contribution in [1.29, 1.82) is 0 Å². The quantitative estimate of drug-likeness (QED) is 0.673. The summed E-state index contributed by atoms with van der Waals surface area (Å²) in [4.78, 5) is 11.0. The van der Waals surface area contributed by atoms with E-state index < -0.39 is 0 Å². The molecule has 2 rings (SSSR count). The fourth-order valence-electron chi connectivity index (χ4n) is 2.36. The van der Waals surface area contributed by atoms with Gasteiger partial charge in [0.05, 0.1) is 0 Å². The Morgan fingerprint density at radius 3 is 2.53 bits per heavy atom. The van der Waals surface area contributed by atoms with Crippen molar-refractivity contribution < 1.29 is 4.79 Å². The van der Waals surface area contributed by atoms with Crippen LogP contribution >= 0.6 is 0 Å². The molecule has 0 amide bonds. The highest BCUT2D eigenvalue weighted by Gasteiger charge is 2.32. The highest BCUT2D eigenvalue weighted by molar-refractivity contribution is 5.63. The summed E-state index contributed by atoms with van der Waals surface area (Å²) < 4.78 is 0. The Kier molecular flexibility index (Phi) is 2.41. The van der Waals surface area contributed by atoms with Crippen LogP contribution in [0.3, 0.4) is 0 Å². The Labute approximate surface area is 91.5 Å². The first kappa shape index (κ1) is 10.4. The Balaban J connectivity index is 2.35. The molecule has 15 heavy (non-hydrogen) atoms. The molecule has 0 aromatic heterocycles. The van der Waals surface area contributed by atoms with E-state index in [4.69, 9.17) is 0 Å². The van der Waals surface area contributed by atoms with Gasteiger partial charge in [0.15, 0.2) is 0 Å². The average Bonchev–Trinajstić information content (AvgIpc) is 2.53. The van der Waals surface area contributed by atoms with Crippen LogP contribution in [0.15, 0.2) is 18.2 Å². The van der Waals surface area contributed by atoms with Gasteiger partial charge in [-0.2, -0.15) is 0 Å². The summed E-state index contributed by atoms with van der Waals surface area (Å²) in [6.45, 7) is 6.46. The van der Waals surface area contributed by atoms with E-state index >= 15 is 0 Å². The van der Waals surface area contributed by atoms with Crippen molar-refractivity contribution in [2.75, 3.05) is 0 Å². The second-order valence-corrected chi connectivity index (χ2v) is 5.31. The van der Waals surface area contributed by atoms with Crippen LogP contribution in [0, 0.1) is 5.41 Å². The van der Waals surface area contributed by atoms with Gasteiger partial charge in [0.1, 0.15) is 6.29 Å². The molecule has 0 N–H and O–H groups in total. The fraction of sp³-hybridized carbons (Fsp3) is 0.500. The van der Waals surface area contributed by atoms with Crippen molar-refractivity contribution in [1.82, 2.24) is 0 Å². The molecule has 1 atom stereocenters. The first-order valence-electron chi connectivity index (χ1n) is 5.62.